The van der Waals surface area contributed by atoms with Crippen molar-refractivity contribution in [2.75, 3.05) is 0 Å². The summed E-state index contributed by atoms with van der Waals surface area (Å²) in [5.41, 5.74) is 4.19. The summed E-state index contributed by atoms with van der Waals surface area (Å²) >= 11 is 0. The van der Waals surface area contributed by atoms with Crippen molar-refractivity contribution >= 4 is 0 Å². The van der Waals surface area contributed by atoms with E-state index in [0.29, 0.717) is 11.6 Å². The fourth-order valence-corrected chi connectivity index (χ4v) is 3.03. The van der Waals surface area contributed by atoms with Crippen LogP contribution in [0.15, 0.2) is 77.9 Å². The van der Waals surface area contributed by atoms with Crippen LogP contribution >= 0.6 is 0 Å². The van der Waals surface area contributed by atoms with E-state index in [2.05, 4.69) is 53.2 Å². The van der Waals surface area contributed by atoms with Crippen molar-refractivity contribution in [2.24, 2.45) is 0 Å². The van der Waals surface area contributed by atoms with E-state index in [0.717, 1.165) is 11.1 Å². The van der Waals surface area contributed by atoms with Crippen LogP contribution < -0.4 is 5.56 Å². The smallest absolute Gasteiger partial charge is 0.253 e. The van der Waals surface area contributed by atoms with Gasteiger partial charge in [0, 0.05) is 23.7 Å². The molecule has 2 heterocycles. The van der Waals surface area contributed by atoms with Crippen LogP contribution in [0, 0.1) is 6.92 Å². The van der Waals surface area contributed by atoms with Crippen LogP contribution in [0.1, 0.15) is 29.5 Å². The van der Waals surface area contributed by atoms with E-state index >= 15 is 0 Å². The first-order valence-corrected chi connectivity index (χ1v) is 8.88. The van der Waals surface area contributed by atoms with Crippen molar-refractivity contribution in [2.45, 2.75) is 19.8 Å². The van der Waals surface area contributed by atoms with Crippen LogP contribution in [-0.4, -0.2) is 19.7 Å². The molecular formula is C22H20N4O. The summed E-state index contributed by atoms with van der Waals surface area (Å²) in [5, 5.41) is 4.43. The van der Waals surface area contributed by atoms with E-state index in [9.17, 15) is 4.79 Å². The second-order valence-electron chi connectivity index (χ2n) is 6.67. The van der Waals surface area contributed by atoms with Gasteiger partial charge in [0.05, 0.1) is 6.20 Å². The van der Waals surface area contributed by atoms with Crippen molar-refractivity contribution < 1.29 is 0 Å². The fraction of sp³-hybridized carbons (Fsp3) is 0.136. The molecule has 0 bridgehead atoms. The molecule has 0 saturated carbocycles. The molecule has 2 aromatic carbocycles. The van der Waals surface area contributed by atoms with Crippen LogP contribution in [0.5, 0.6) is 0 Å². The van der Waals surface area contributed by atoms with Gasteiger partial charge in [-0.15, -0.1) is 0 Å². The maximum Gasteiger partial charge on any atom is 0.253 e. The molecule has 0 aliphatic carbocycles. The number of aromatic nitrogens is 4. The highest BCUT2D eigenvalue weighted by atomic mass is 16.1. The molecule has 5 heteroatoms. The molecule has 1 unspecified atom stereocenters. The molecule has 0 fully saturated rings. The zero-order valence-electron chi connectivity index (χ0n) is 15.3. The number of aryl methyl sites for hydroxylation is 1. The van der Waals surface area contributed by atoms with Gasteiger partial charge in [-0.25, -0.2) is 9.67 Å². The number of H-pyrrole nitrogens is 1. The molecule has 5 nitrogen and oxygen atoms in total. The van der Waals surface area contributed by atoms with Gasteiger partial charge in [0.1, 0.15) is 5.82 Å². The van der Waals surface area contributed by atoms with Gasteiger partial charge in [-0.05, 0) is 18.1 Å². The Bertz CT molecular complexity index is 1110. The quantitative estimate of drug-likeness (QED) is 0.599. The second kappa shape index (κ2) is 7.03. The molecule has 0 saturated heterocycles. The van der Waals surface area contributed by atoms with Gasteiger partial charge in [-0.2, -0.15) is 5.10 Å². The Morgan fingerprint density at radius 2 is 1.74 bits per heavy atom. The SMILES string of the molecule is Cc1ccc(C(C)c2cnn(-c3cc(=O)[nH]c(-c4ccccc4)n3)c2)cc1. The molecule has 1 N–H and O–H groups in total. The summed E-state index contributed by atoms with van der Waals surface area (Å²) in [7, 11) is 0. The number of nitrogens with one attached hydrogen (secondary N) is 1. The Morgan fingerprint density at radius 1 is 1.00 bits per heavy atom. The molecule has 134 valence electrons. The number of hydrogen-bond donors (Lipinski definition) is 1. The summed E-state index contributed by atoms with van der Waals surface area (Å²) in [6, 6.07) is 19.5. The number of benzene rings is 2. The first-order chi connectivity index (χ1) is 13.1. The number of hydrogen-bond acceptors (Lipinski definition) is 3. The number of rotatable bonds is 4. The van der Waals surface area contributed by atoms with Crippen molar-refractivity contribution in [3.8, 4) is 17.2 Å². The molecule has 0 radical (unpaired) electrons. The van der Waals surface area contributed by atoms with Gasteiger partial charge < -0.3 is 4.98 Å². The summed E-state index contributed by atoms with van der Waals surface area (Å²) in [4.78, 5) is 19.5. The van der Waals surface area contributed by atoms with Crippen LogP contribution in [-0.2, 0) is 0 Å². The predicted octanol–water partition coefficient (Wildman–Crippen LogP) is 4.08. The Hall–Kier alpha value is -3.47. The minimum atomic E-state index is -0.206. The molecule has 27 heavy (non-hydrogen) atoms. The molecule has 1 atom stereocenters. The highest BCUT2D eigenvalue weighted by Crippen LogP contribution is 2.24. The first kappa shape index (κ1) is 17.0. The normalized spacial score (nSPS) is 12.1. The maximum atomic E-state index is 12.1. The third-order valence-electron chi connectivity index (χ3n) is 4.69. The summed E-state index contributed by atoms with van der Waals surface area (Å²) < 4.78 is 1.65. The van der Waals surface area contributed by atoms with Crippen LogP contribution in [0.4, 0.5) is 0 Å². The molecule has 4 rings (SSSR count). The summed E-state index contributed by atoms with van der Waals surface area (Å²) in [5.74, 6) is 1.23. The topological polar surface area (TPSA) is 63.6 Å². The Kier molecular flexibility index (Phi) is 4.42. The molecule has 0 spiro atoms. The lowest BCUT2D eigenvalue weighted by Crippen LogP contribution is -2.12. The Morgan fingerprint density at radius 3 is 2.48 bits per heavy atom. The highest BCUT2D eigenvalue weighted by molar-refractivity contribution is 5.55. The van der Waals surface area contributed by atoms with E-state index in [1.807, 2.05) is 42.7 Å². The van der Waals surface area contributed by atoms with Crippen LogP contribution in [0.25, 0.3) is 17.2 Å². The van der Waals surface area contributed by atoms with Crippen molar-refractivity contribution in [3.63, 3.8) is 0 Å². The van der Waals surface area contributed by atoms with E-state index in [-0.39, 0.29) is 11.5 Å². The molecular weight excluding hydrogens is 336 g/mol. The third-order valence-corrected chi connectivity index (χ3v) is 4.69. The van der Waals surface area contributed by atoms with Gasteiger partial charge in [-0.1, -0.05) is 67.1 Å². The lowest BCUT2D eigenvalue weighted by molar-refractivity contribution is 0.835. The van der Waals surface area contributed by atoms with Crippen molar-refractivity contribution in [1.29, 1.82) is 0 Å². The fourth-order valence-electron chi connectivity index (χ4n) is 3.03. The van der Waals surface area contributed by atoms with Gasteiger partial charge in [0.15, 0.2) is 5.82 Å². The minimum absolute atomic E-state index is 0.204. The molecule has 0 aliphatic rings. The molecule has 4 aromatic rings. The minimum Gasteiger partial charge on any atom is -0.306 e. The van der Waals surface area contributed by atoms with Gasteiger partial charge in [0.25, 0.3) is 5.56 Å². The number of nitrogens with zero attached hydrogens (tertiary/aromatic N) is 3. The molecule has 2 aromatic heterocycles. The van der Waals surface area contributed by atoms with E-state index in [4.69, 9.17) is 0 Å². The standard InChI is InChI=1S/C22H20N4O/c1-15-8-10-17(11-9-15)16(2)19-13-23-26(14-19)20-12-21(27)25-22(24-20)18-6-4-3-5-7-18/h3-14,16H,1-2H3,(H,24,25,27). The third kappa shape index (κ3) is 3.58. The molecule has 0 aliphatic heterocycles. The summed E-state index contributed by atoms with van der Waals surface area (Å²) in [6.07, 6.45) is 3.76. The van der Waals surface area contributed by atoms with Crippen molar-refractivity contribution in [1.82, 2.24) is 19.7 Å². The average molecular weight is 356 g/mol. The van der Waals surface area contributed by atoms with E-state index in [1.54, 1.807) is 4.68 Å². The second-order valence-corrected chi connectivity index (χ2v) is 6.67. The van der Waals surface area contributed by atoms with E-state index in [1.165, 1.54) is 17.2 Å². The van der Waals surface area contributed by atoms with Crippen LogP contribution in [0.2, 0.25) is 0 Å². The van der Waals surface area contributed by atoms with E-state index < -0.39 is 0 Å². The van der Waals surface area contributed by atoms with Gasteiger partial charge in [-0.3, -0.25) is 4.79 Å². The lowest BCUT2D eigenvalue weighted by Gasteiger charge is -2.10. The largest absolute Gasteiger partial charge is 0.306 e. The van der Waals surface area contributed by atoms with Gasteiger partial charge in [0.2, 0.25) is 0 Å². The average Bonchev–Trinajstić information content (AvgIpc) is 3.18. The van der Waals surface area contributed by atoms with Gasteiger partial charge >= 0.3 is 0 Å². The maximum absolute atomic E-state index is 12.1. The zero-order valence-corrected chi connectivity index (χ0v) is 15.3. The van der Waals surface area contributed by atoms with Crippen molar-refractivity contribution in [3.05, 3.63) is 100 Å². The number of aromatic amines is 1. The van der Waals surface area contributed by atoms with Crippen LogP contribution in [0.3, 0.4) is 0 Å². The summed E-state index contributed by atoms with van der Waals surface area (Å²) in [6.45, 7) is 4.22. The predicted molar refractivity (Wildman–Crippen MR) is 106 cm³/mol. The highest BCUT2D eigenvalue weighted by Gasteiger charge is 2.13. The molecule has 0 amide bonds. The Labute approximate surface area is 157 Å². The lowest BCUT2D eigenvalue weighted by atomic mass is 9.95. The Balaban J connectivity index is 1.68. The monoisotopic (exact) mass is 356 g/mol. The zero-order chi connectivity index (χ0) is 18.8. The first-order valence-electron chi connectivity index (χ1n) is 8.88.